The predicted octanol–water partition coefficient (Wildman–Crippen LogP) is 1.67. The number of rotatable bonds is 0. The monoisotopic (exact) mass is 96.1 g/mol. The van der Waals surface area contributed by atoms with Gasteiger partial charge in [-0.15, -0.1) is 0 Å². The lowest BCUT2D eigenvalue weighted by atomic mass is 10.7. The van der Waals surface area contributed by atoms with Gasteiger partial charge in [0, 0.05) is 0 Å². The van der Waals surface area contributed by atoms with Gasteiger partial charge in [0.1, 0.15) is 0 Å². The lowest BCUT2D eigenvalue weighted by Gasteiger charge is -1.72. The van der Waals surface area contributed by atoms with Crippen molar-refractivity contribution in [1.82, 2.24) is 4.98 Å². The second-order valence-electron chi connectivity index (χ2n) is 0.832. The van der Waals surface area contributed by atoms with Crippen molar-refractivity contribution in [3.8, 4) is 0 Å². The van der Waals surface area contributed by atoms with E-state index in [2.05, 4.69) is 4.98 Å². The summed E-state index contributed by atoms with van der Waals surface area (Å²) in [5.74, 6) is 0. The molecule has 0 saturated carbocycles. The van der Waals surface area contributed by atoms with Crippen LogP contribution in [0.5, 0.6) is 0 Å². The van der Waals surface area contributed by atoms with E-state index in [0.717, 1.165) is 0 Å². The van der Waals surface area contributed by atoms with Gasteiger partial charge in [0.05, 0.1) is 0 Å². The Balaban J connectivity index is 0.000000162. The van der Waals surface area contributed by atoms with E-state index in [1.807, 2.05) is 26.0 Å². The zero-order chi connectivity index (χ0) is 5.54. The van der Waals surface area contributed by atoms with Crippen molar-refractivity contribution >= 4 is 0 Å². The standard InChI is InChI=1S/C4H4N.C2H6/c1-2-4-5-3-1;1-2/h1-4H;1-2H3/q-1;. The van der Waals surface area contributed by atoms with Crippen molar-refractivity contribution in [1.29, 1.82) is 0 Å². The molecule has 0 spiro atoms. The molecule has 1 heteroatoms. The fourth-order valence-corrected chi connectivity index (χ4v) is 0.248. The van der Waals surface area contributed by atoms with E-state index < -0.39 is 0 Å². The van der Waals surface area contributed by atoms with E-state index in [0.29, 0.717) is 0 Å². The van der Waals surface area contributed by atoms with E-state index in [9.17, 15) is 0 Å². The van der Waals surface area contributed by atoms with E-state index in [-0.39, 0.29) is 0 Å². The molecule has 0 aliphatic heterocycles. The number of hydrogen-bond donors (Lipinski definition) is 0. The molecule has 0 unspecified atom stereocenters. The molecule has 7 heavy (non-hydrogen) atoms. The second kappa shape index (κ2) is 5.28. The van der Waals surface area contributed by atoms with Crippen LogP contribution < -0.4 is 4.98 Å². The molecule has 0 radical (unpaired) electrons. The molecule has 0 amide bonds. The first-order valence-electron chi connectivity index (χ1n) is 2.52. The fourth-order valence-electron chi connectivity index (χ4n) is 0.248. The first kappa shape index (κ1) is 6.28. The lowest BCUT2D eigenvalue weighted by Crippen LogP contribution is -1.47. The summed E-state index contributed by atoms with van der Waals surface area (Å²) in [5.41, 5.74) is 0. The van der Waals surface area contributed by atoms with Crippen molar-refractivity contribution in [3.63, 3.8) is 0 Å². The molecule has 0 fully saturated rings. The zero-order valence-electron chi connectivity index (χ0n) is 4.76. The molecule has 40 valence electrons. The van der Waals surface area contributed by atoms with Crippen molar-refractivity contribution < 1.29 is 0 Å². The van der Waals surface area contributed by atoms with Crippen LogP contribution in [0, 0.1) is 0 Å². The molecule has 1 aromatic heterocycles. The summed E-state index contributed by atoms with van der Waals surface area (Å²) in [6.07, 6.45) is 3.50. The third-order valence-corrected chi connectivity index (χ3v) is 0.455. The Hall–Kier alpha value is -0.720. The Morgan fingerprint density at radius 1 is 1.00 bits per heavy atom. The highest BCUT2D eigenvalue weighted by Crippen LogP contribution is 1.70. The molecule has 0 saturated heterocycles. The minimum absolute atomic E-state index is 1.75. The fraction of sp³-hybridized carbons (Fsp3) is 0.333. The Labute approximate surface area is 44.4 Å². The molecular formula is C6H10N-. The smallest absolute Gasteiger partial charge is 0.0683 e. The van der Waals surface area contributed by atoms with Gasteiger partial charge in [-0.1, -0.05) is 26.0 Å². The Morgan fingerprint density at radius 2 is 1.43 bits per heavy atom. The number of nitrogens with zero attached hydrogens (tertiary/aromatic N) is 1. The molecule has 1 nitrogen and oxygen atoms in total. The average molecular weight is 96.2 g/mol. The Morgan fingerprint density at radius 3 is 1.57 bits per heavy atom. The maximum atomic E-state index is 3.72. The lowest BCUT2D eigenvalue weighted by molar-refractivity contribution is 1.37. The molecule has 0 bridgehead atoms. The first-order chi connectivity index (χ1) is 3.50. The number of aromatic nitrogens is 1. The van der Waals surface area contributed by atoms with E-state index in [4.69, 9.17) is 0 Å². The third kappa shape index (κ3) is 3.10. The highest BCUT2D eigenvalue weighted by atomic mass is 14.6. The Kier molecular flexibility index (Phi) is 4.74. The minimum atomic E-state index is 1.75. The first-order valence-corrected chi connectivity index (χ1v) is 2.52. The molecular weight excluding hydrogens is 86.1 g/mol. The summed E-state index contributed by atoms with van der Waals surface area (Å²) in [6.45, 7) is 4.00. The van der Waals surface area contributed by atoms with Crippen molar-refractivity contribution in [3.05, 3.63) is 24.5 Å². The SMILES string of the molecule is CC.c1cc[n-]c1. The zero-order valence-corrected chi connectivity index (χ0v) is 4.76. The van der Waals surface area contributed by atoms with Gasteiger partial charge in [-0.25, -0.2) is 0 Å². The maximum absolute atomic E-state index is 3.72. The van der Waals surface area contributed by atoms with Gasteiger partial charge in [-0.05, 0) is 0 Å². The normalized spacial score (nSPS) is 6.57. The van der Waals surface area contributed by atoms with Crippen LogP contribution in [-0.2, 0) is 0 Å². The van der Waals surface area contributed by atoms with E-state index >= 15 is 0 Å². The topological polar surface area (TPSA) is 14.1 Å². The van der Waals surface area contributed by atoms with Crippen LogP contribution in [0.15, 0.2) is 24.5 Å². The van der Waals surface area contributed by atoms with Gasteiger partial charge in [0.2, 0.25) is 0 Å². The average Bonchev–Trinajstić information content (AvgIpc) is 2.23. The minimum Gasteiger partial charge on any atom is -0.670 e. The van der Waals surface area contributed by atoms with Crippen LogP contribution >= 0.6 is 0 Å². The summed E-state index contributed by atoms with van der Waals surface area (Å²) < 4.78 is 0. The van der Waals surface area contributed by atoms with E-state index in [1.165, 1.54) is 0 Å². The van der Waals surface area contributed by atoms with Gasteiger partial charge >= 0.3 is 0 Å². The quantitative estimate of drug-likeness (QED) is 0.479. The van der Waals surface area contributed by atoms with Gasteiger partial charge in [0.25, 0.3) is 0 Å². The van der Waals surface area contributed by atoms with Crippen molar-refractivity contribution in [2.75, 3.05) is 0 Å². The predicted molar refractivity (Wildman–Crippen MR) is 31.1 cm³/mol. The van der Waals surface area contributed by atoms with Crippen LogP contribution in [0.1, 0.15) is 13.8 Å². The van der Waals surface area contributed by atoms with Crippen LogP contribution in [0.3, 0.4) is 0 Å². The molecule has 1 aromatic rings. The summed E-state index contributed by atoms with van der Waals surface area (Å²) in [4.78, 5) is 3.72. The summed E-state index contributed by atoms with van der Waals surface area (Å²) in [7, 11) is 0. The molecule has 1 rings (SSSR count). The second-order valence-corrected chi connectivity index (χ2v) is 0.832. The molecule has 0 atom stereocenters. The van der Waals surface area contributed by atoms with Gasteiger partial charge in [0.15, 0.2) is 0 Å². The highest BCUT2D eigenvalue weighted by molar-refractivity contribution is 4.84. The van der Waals surface area contributed by atoms with Crippen LogP contribution in [0.2, 0.25) is 0 Å². The Bertz CT molecular complexity index is 60.7. The largest absolute Gasteiger partial charge is 0.670 e. The van der Waals surface area contributed by atoms with Crippen molar-refractivity contribution in [2.24, 2.45) is 0 Å². The van der Waals surface area contributed by atoms with Crippen LogP contribution in [0.25, 0.3) is 0 Å². The molecule has 1 heterocycles. The van der Waals surface area contributed by atoms with Gasteiger partial charge in [-0.2, -0.15) is 12.4 Å². The van der Waals surface area contributed by atoms with Crippen LogP contribution in [-0.4, -0.2) is 0 Å². The number of hydrogen-bond acceptors (Lipinski definition) is 0. The summed E-state index contributed by atoms with van der Waals surface area (Å²) >= 11 is 0. The van der Waals surface area contributed by atoms with Crippen molar-refractivity contribution in [2.45, 2.75) is 13.8 Å². The molecule has 0 aromatic carbocycles. The molecule has 0 aliphatic rings. The van der Waals surface area contributed by atoms with Crippen LogP contribution in [0.4, 0.5) is 0 Å². The van der Waals surface area contributed by atoms with Gasteiger partial charge in [-0.3, -0.25) is 0 Å². The van der Waals surface area contributed by atoms with E-state index in [1.54, 1.807) is 12.4 Å². The molecule has 0 aliphatic carbocycles. The third-order valence-electron chi connectivity index (χ3n) is 0.455. The highest BCUT2D eigenvalue weighted by Gasteiger charge is 1.43. The maximum Gasteiger partial charge on any atom is -0.0683 e. The summed E-state index contributed by atoms with van der Waals surface area (Å²) in [5, 5.41) is 0. The summed E-state index contributed by atoms with van der Waals surface area (Å²) in [6, 6.07) is 3.78. The van der Waals surface area contributed by atoms with Gasteiger partial charge < -0.3 is 4.98 Å². The molecule has 0 N–H and O–H groups in total.